The van der Waals surface area contributed by atoms with Gasteiger partial charge in [-0.3, -0.25) is 4.79 Å². The first-order valence-electron chi connectivity index (χ1n) is 8.73. The first-order valence-corrected chi connectivity index (χ1v) is 9.11. The molecule has 0 aromatic carbocycles. The second kappa shape index (κ2) is 8.03. The number of rotatable bonds is 6. The Balaban J connectivity index is 2.73. The van der Waals surface area contributed by atoms with Crippen molar-refractivity contribution in [3.63, 3.8) is 0 Å². The molecule has 8 heteroatoms. The summed E-state index contributed by atoms with van der Waals surface area (Å²) in [7, 11) is 3.47. The van der Waals surface area contributed by atoms with Crippen molar-refractivity contribution in [3.8, 4) is 5.69 Å². The standard InChI is InChI=1S/C18H27ClN6O/c1-10(2)9-24(7)17-14(15(19)21-16(22-17)18(26)20-6)25-13(11(3)4)8-12(5)23-25/h8,10-11H,9H2,1-7H3,(H,20,26). The molecule has 0 aliphatic rings. The Morgan fingerprint density at radius 3 is 2.50 bits per heavy atom. The monoisotopic (exact) mass is 378 g/mol. The van der Waals surface area contributed by atoms with E-state index in [0.29, 0.717) is 17.4 Å². The second-order valence-corrected chi connectivity index (χ2v) is 7.50. The maximum Gasteiger partial charge on any atom is 0.288 e. The number of nitrogens with zero attached hydrogens (tertiary/aromatic N) is 5. The lowest BCUT2D eigenvalue weighted by Gasteiger charge is -2.24. The summed E-state index contributed by atoms with van der Waals surface area (Å²) in [5, 5.41) is 7.35. The number of amides is 1. The lowest BCUT2D eigenvalue weighted by Crippen LogP contribution is -2.28. The van der Waals surface area contributed by atoms with Crippen molar-refractivity contribution < 1.29 is 4.79 Å². The molecule has 26 heavy (non-hydrogen) atoms. The maximum atomic E-state index is 12.1. The van der Waals surface area contributed by atoms with Gasteiger partial charge in [0.15, 0.2) is 11.0 Å². The van der Waals surface area contributed by atoms with Gasteiger partial charge in [0.1, 0.15) is 5.69 Å². The molecule has 142 valence electrons. The molecule has 2 aromatic heterocycles. The van der Waals surface area contributed by atoms with Gasteiger partial charge in [-0.2, -0.15) is 5.10 Å². The van der Waals surface area contributed by atoms with Crippen LogP contribution in [0.1, 0.15) is 55.6 Å². The van der Waals surface area contributed by atoms with Crippen LogP contribution in [0.25, 0.3) is 5.69 Å². The zero-order valence-electron chi connectivity index (χ0n) is 16.5. The molecular formula is C18H27ClN6O. The average Bonchev–Trinajstić information content (AvgIpc) is 2.94. The van der Waals surface area contributed by atoms with Crippen molar-refractivity contribution in [2.24, 2.45) is 5.92 Å². The molecule has 0 fully saturated rings. The highest BCUT2D eigenvalue weighted by Crippen LogP contribution is 2.31. The summed E-state index contributed by atoms with van der Waals surface area (Å²) in [6, 6.07) is 2.03. The van der Waals surface area contributed by atoms with Crippen molar-refractivity contribution in [3.05, 3.63) is 28.4 Å². The summed E-state index contributed by atoms with van der Waals surface area (Å²) >= 11 is 6.52. The predicted octanol–water partition coefficient (Wildman–Crippen LogP) is 3.20. The number of aromatic nitrogens is 4. The number of hydrogen-bond donors (Lipinski definition) is 1. The van der Waals surface area contributed by atoms with E-state index in [0.717, 1.165) is 17.9 Å². The molecule has 1 amide bonds. The van der Waals surface area contributed by atoms with Crippen LogP contribution >= 0.6 is 11.6 Å². The first-order chi connectivity index (χ1) is 12.1. The van der Waals surface area contributed by atoms with E-state index >= 15 is 0 Å². The van der Waals surface area contributed by atoms with Gasteiger partial charge in [0.25, 0.3) is 5.91 Å². The van der Waals surface area contributed by atoms with Gasteiger partial charge in [-0.1, -0.05) is 39.3 Å². The number of carbonyl (C=O) groups excluding carboxylic acids is 1. The lowest BCUT2D eigenvalue weighted by molar-refractivity contribution is 0.0953. The number of aryl methyl sites for hydroxylation is 1. The third-order valence-corrected chi connectivity index (χ3v) is 4.18. The van der Waals surface area contributed by atoms with Crippen molar-refractivity contribution in [1.29, 1.82) is 0 Å². The fourth-order valence-electron chi connectivity index (χ4n) is 2.82. The number of anilines is 1. The summed E-state index contributed by atoms with van der Waals surface area (Å²) < 4.78 is 1.79. The molecule has 2 heterocycles. The van der Waals surface area contributed by atoms with E-state index in [9.17, 15) is 4.79 Å². The highest BCUT2D eigenvalue weighted by atomic mass is 35.5. The van der Waals surface area contributed by atoms with Gasteiger partial charge in [0.2, 0.25) is 5.82 Å². The molecule has 0 aliphatic carbocycles. The van der Waals surface area contributed by atoms with Crippen molar-refractivity contribution in [2.45, 2.75) is 40.5 Å². The normalized spacial score (nSPS) is 11.3. The fourth-order valence-corrected chi connectivity index (χ4v) is 3.07. The van der Waals surface area contributed by atoms with Crippen molar-refractivity contribution >= 4 is 23.3 Å². The van der Waals surface area contributed by atoms with Gasteiger partial charge in [-0.25, -0.2) is 14.6 Å². The van der Waals surface area contributed by atoms with Gasteiger partial charge in [0, 0.05) is 26.3 Å². The maximum absolute atomic E-state index is 12.1. The molecule has 2 rings (SSSR count). The largest absolute Gasteiger partial charge is 0.357 e. The number of hydrogen-bond acceptors (Lipinski definition) is 5. The van der Waals surface area contributed by atoms with E-state index in [1.165, 1.54) is 0 Å². The zero-order valence-corrected chi connectivity index (χ0v) is 17.2. The Hall–Kier alpha value is -2.15. The molecule has 0 bridgehead atoms. The van der Waals surface area contributed by atoms with Gasteiger partial charge in [-0.15, -0.1) is 0 Å². The van der Waals surface area contributed by atoms with Crippen LogP contribution in [0.5, 0.6) is 0 Å². The molecule has 1 N–H and O–H groups in total. The Morgan fingerprint density at radius 2 is 1.96 bits per heavy atom. The van der Waals surface area contributed by atoms with Gasteiger partial charge in [-0.05, 0) is 24.8 Å². The molecule has 0 radical (unpaired) electrons. The highest BCUT2D eigenvalue weighted by molar-refractivity contribution is 6.31. The van der Waals surface area contributed by atoms with E-state index < -0.39 is 0 Å². The zero-order chi connectivity index (χ0) is 19.6. The number of carbonyl (C=O) groups is 1. The van der Waals surface area contributed by atoms with E-state index in [1.54, 1.807) is 11.7 Å². The quantitative estimate of drug-likeness (QED) is 0.781. The summed E-state index contributed by atoms with van der Waals surface area (Å²) in [4.78, 5) is 22.7. The number of nitrogens with one attached hydrogen (secondary N) is 1. The molecule has 0 saturated heterocycles. The smallest absolute Gasteiger partial charge is 0.288 e. The first kappa shape index (κ1) is 20.2. The fraction of sp³-hybridized carbons (Fsp3) is 0.556. The molecule has 0 unspecified atom stereocenters. The van der Waals surface area contributed by atoms with Crippen LogP contribution in [0.15, 0.2) is 6.07 Å². The van der Waals surface area contributed by atoms with Gasteiger partial charge < -0.3 is 10.2 Å². The van der Waals surface area contributed by atoms with E-state index in [2.05, 4.69) is 48.1 Å². The Morgan fingerprint density at radius 1 is 1.31 bits per heavy atom. The minimum Gasteiger partial charge on any atom is -0.357 e. The van der Waals surface area contributed by atoms with Crippen LogP contribution < -0.4 is 10.2 Å². The lowest BCUT2D eigenvalue weighted by atomic mass is 10.1. The third-order valence-electron chi connectivity index (χ3n) is 3.92. The predicted molar refractivity (Wildman–Crippen MR) is 104 cm³/mol. The third kappa shape index (κ3) is 4.15. The molecule has 0 atom stereocenters. The van der Waals surface area contributed by atoms with E-state index in [-0.39, 0.29) is 22.8 Å². The van der Waals surface area contributed by atoms with Crippen LogP contribution in [0.3, 0.4) is 0 Å². The minimum atomic E-state index is -0.377. The van der Waals surface area contributed by atoms with Crippen LogP contribution in [0, 0.1) is 12.8 Å². The Kier molecular flexibility index (Phi) is 6.23. The second-order valence-electron chi connectivity index (χ2n) is 7.14. The van der Waals surface area contributed by atoms with Crippen LogP contribution in [0.4, 0.5) is 5.82 Å². The van der Waals surface area contributed by atoms with Crippen LogP contribution in [-0.4, -0.2) is 46.3 Å². The number of halogens is 1. The SMILES string of the molecule is CNC(=O)c1nc(Cl)c(-n2nc(C)cc2C(C)C)c(N(C)CC(C)C)n1. The molecule has 7 nitrogen and oxygen atoms in total. The average molecular weight is 379 g/mol. The summed E-state index contributed by atoms with van der Waals surface area (Å²) in [6.45, 7) is 11.1. The Bertz CT molecular complexity index is 799. The van der Waals surface area contributed by atoms with Gasteiger partial charge in [0.05, 0.1) is 5.69 Å². The van der Waals surface area contributed by atoms with E-state index in [1.807, 2.05) is 24.9 Å². The minimum absolute atomic E-state index is 0.0434. The Labute approximate surface area is 159 Å². The molecular weight excluding hydrogens is 352 g/mol. The van der Waals surface area contributed by atoms with Gasteiger partial charge >= 0.3 is 0 Å². The topological polar surface area (TPSA) is 75.9 Å². The summed E-state index contributed by atoms with van der Waals surface area (Å²) in [5.41, 5.74) is 2.50. The molecule has 0 spiro atoms. The van der Waals surface area contributed by atoms with Crippen molar-refractivity contribution in [1.82, 2.24) is 25.1 Å². The van der Waals surface area contributed by atoms with Crippen LogP contribution in [0.2, 0.25) is 5.15 Å². The molecule has 2 aromatic rings. The van der Waals surface area contributed by atoms with Crippen LogP contribution in [-0.2, 0) is 0 Å². The summed E-state index contributed by atoms with van der Waals surface area (Å²) in [5.74, 6) is 0.908. The molecule has 0 saturated carbocycles. The summed E-state index contributed by atoms with van der Waals surface area (Å²) in [6.07, 6.45) is 0. The highest BCUT2D eigenvalue weighted by Gasteiger charge is 2.24. The molecule has 0 aliphatic heterocycles. The van der Waals surface area contributed by atoms with E-state index in [4.69, 9.17) is 11.6 Å². The van der Waals surface area contributed by atoms with Crippen molar-refractivity contribution in [2.75, 3.05) is 25.5 Å².